The van der Waals surface area contributed by atoms with E-state index in [1.165, 1.54) is 13.8 Å². The number of esters is 2. The van der Waals surface area contributed by atoms with Crippen LogP contribution in [0, 0.1) is 0 Å². The Kier molecular flexibility index (Phi) is 6.62. The van der Waals surface area contributed by atoms with E-state index >= 15 is 0 Å². The van der Waals surface area contributed by atoms with Gasteiger partial charge in [-0.2, -0.15) is 0 Å². The standard InChI is InChI=1S/C11H16O6/c1-7(2)11(15)16-6-8(3)17-10(14)5-4-9(12)13/h8H,1,4-6H2,2-3H3,(H,12,13)/p-1. The van der Waals surface area contributed by atoms with Gasteiger partial charge in [0.2, 0.25) is 0 Å². The predicted molar refractivity (Wildman–Crippen MR) is 55.6 cm³/mol. The van der Waals surface area contributed by atoms with Gasteiger partial charge in [0.1, 0.15) is 12.7 Å². The van der Waals surface area contributed by atoms with Gasteiger partial charge in [0.25, 0.3) is 0 Å². The van der Waals surface area contributed by atoms with Crippen LogP contribution >= 0.6 is 0 Å². The van der Waals surface area contributed by atoms with Gasteiger partial charge >= 0.3 is 11.9 Å². The Hall–Kier alpha value is -1.85. The topological polar surface area (TPSA) is 92.7 Å². The van der Waals surface area contributed by atoms with Crippen LogP contribution in [0.15, 0.2) is 12.2 Å². The van der Waals surface area contributed by atoms with Crippen LogP contribution in [0.4, 0.5) is 0 Å². The summed E-state index contributed by atoms with van der Waals surface area (Å²) in [5, 5.41) is 10.1. The van der Waals surface area contributed by atoms with Crippen LogP contribution in [-0.2, 0) is 23.9 Å². The minimum atomic E-state index is -1.32. The highest BCUT2D eigenvalue weighted by atomic mass is 16.6. The SMILES string of the molecule is C=C(C)C(=O)OCC(C)OC(=O)CCC(=O)[O-]. The number of carbonyl (C=O) groups is 3. The van der Waals surface area contributed by atoms with Crippen molar-refractivity contribution in [1.82, 2.24) is 0 Å². The Labute approximate surface area is 99.2 Å². The highest BCUT2D eigenvalue weighted by Crippen LogP contribution is 2.00. The fourth-order valence-corrected chi connectivity index (χ4v) is 0.838. The van der Waals surface area contributed by atoms with Gasteiger partial charge in [-0.1, -0.05) is 6.58 Å². The molecule has 0 rings (SSSR count). The number of ether oxygens (including phenoxy) is 2. The maximum absolute atomic E-state index is 11.1. The van der Waals surface area contributed by atoms with Crippen molar-refractivity contribution in [3.05, 3.63) is 12.2 Å². The molecule has 0 saturated heterocycles. The Bertz CT molecular complexity index is 320. The lowest BCUT2D eigenvalue weighted by atomic mass is 10.3. The minimum absolute atomic E-state index is 0.0945. The molecule has 0 saturated carbocycles. The van der Waals surface area contributed by atoms with E-state index in [1.807, 2.05) is 0 Å². The Morgan fingerprint density at radius 2 is 1.88 bits per heavy atom. The molecule has 0 aromatic heterocycles. The summed E-state index contributed by atoms with van der Waals surface area (Å²) in [5.74, 6) is -2.56. The molecule has 1 unspecified atom stereocenters. The van der Waals surface area contributed by atoms with Gasteiger partial charge in [0.05, 0.1) is 6.42 Å². The molecule has 17 heavy (non-hydrogen) atoms. The van der Waals surface area contributed by atoms with Crippen molar-refractivity contribution in [2.24, 2.45) is 0 Å². The van der Waals surface area contributed by atoms with E-state index < -0.39 is 30.4 Å². The van der Waals surface area contributed by atoms with E-state index in [0.29, 0.717) is 0 Å². The van der Waals surface area contributed by atoms with Crippen LogP contribution in [-0.4, -0.2) is 30.6 Å². The number of hydrogen-bond donors (Lipinski definition) is 0. The van der Waals surface area contributed by atoms with Gasteiger partial charge in [0.15, 0.2) is 0 Å². The normalized spacial score (nSPS) is 11.4. The zero-order chi connectivity index (χ0) is 13.4. The first-order chi connectivity index (χ1) is 7.82. The van der Waals surface area contributed by atoms with E-state index in [2.05, 4.69) is 6.58 Å². The summed E-state index contributed by atoms with van der Waals surface area (Å²) in [4.78, 5) is 32.1. The number of hydrogen-bond acceptors (Lipinski definition) is 6. The monoisotopic (exact) mass is 243 g/mol. The second-order valence-electron chi connectivity index (χ2n) is 3.55. The van der Waals surface area contributed by atoms with Crippen LogP contribution in [0.2, 0.25) is 0 Å². The number of carboxylic acids is 1. The average molecular weight is 243 g/mol. The summed E-state index contributed by atoms with van der Waals surface area (Å²) in [5.41, 5.74) is 0.250. The molecule has 0 heterocycles. The number of aliphatic carboxylic acids is 1. The number of carboxylic acid groups (broad SMARTS) is 1. The third-order valence-corrected chi connectivity index (χ3v) is 1.66. The van der Waals surface area contributed by atoms with Crippen molar-refractivity contribution in [2.45, 2.75) is 32.8 Å². The van der Waals surface area contributed by atoms with Gasteiger partial charge < -0.3 is 19.4 Å². The lowest BCUT2D eigenvalue weighted by molar-refractivity contribution is -0.305. The first-order valence-corrected chi connectivity index (χ1v) is 5.05. The van der Waals surface area contributed by atoms with Crippen LogP contribution < -0.4 is 5.11 Å². The molecule has 0 aliphatic rings. The van der Waals surface area contributed by atoms with E-state index in [4.69, 9.17) is 9.47 Å². The molecule has 0 aliphatic carbocycles. The smallest absolute Gasteiger partial charge is 0.333 e. The highest BCUT2D eigenvalue weighted by Gasteiger charge is 2.12. The summed E-state index contributed by atoms with van der Waals surface area (Å²) in [7, 11) is 0. The lowest BCUT2D eigenvalue weighted by Crippen LogP contribution is -2.26. The molecule has 0 amide bonds. The molecule has 0 aromatic rings. The quantitative estimate of drug-likeness (QED) is 0.445. The second kappa shape index (κ2) is 7.43. The first kappa shape index (κ1) is 15.2. The Balaban J connectivity index is 3.82. The van der Waals surface area contributed by atoms with E-state index in [1.54, 1.807) is 0 Å². The number of rotatable bonds is 7. The summed E-state index contributed by atoms with van der Waals surface area (Å²) in [6.07, 6.45) is -1.29. The van der Waals surface area contributed by atoms with Crippen molar-refractivity contribution in [3.8, 4) is 0 Å². The summed E-state index contributed by atoms with van der Waals surface area (Å²) in [6, 6.07) is 0. The molecule has 6 nitrogen and oxygen atoms in total. The van der Waals surface area contributed by atoms with Gasteiger partial charge in [-0.3, -0.25) is 4.79 Å². The van der Waals surface area contributed by atoms with Crippen molar-refractivity contribution in [2.75, 3.05) is 6.61 Å². The third-order valence-electron chi connectivity index (χ3n) is 1.66. The molecule has 1 atom stereocenters. The minimum Gasteiger partial charge on any atom is -0.550 e. The zero-order valence-corrected chi connectivity index (χ0v) is 9.86. The zero-order valence-electron chi connectivity index (χ0n) is 9.86. The molecule has 6 heteroatoms. The van der Waals surface area contributed by atoms with Crippen molar-refractivity contribution >= 4 is 17.9 Å². The maximum atomic E-state index is 11.1. The fourth-order valence-electron chi connectivity index (χ4n) is 0.838. The van der Waals surface area contributed by atoms with E-state index in [0.717, 1.165) is 0 Å². The molecule has 0 aromatic carbocycles. The van der Waals surface area contributed by atoms with Crippen molar-refractivity contribution in [1.29, 1.82) is 0 Å². The van der Waals surface area contributed by atoms with Gasteiger partial charge in [0, 0.05) is 11.5 Å². The van der Waals surface area contributed by atoms with Gasteiger partial charge in [-0.05, 0) is 20.3 Å². The van der Waals surface area contributed by atoms with Crippen molar-refractivity contribution in [3.63, 3.8) is 0 Å². The summed E-state index contributed by atoms with van der Waals surface area (Å²) in [6.45, 7) is 6.32. The van der Waals surface area contributed by atoms with Crippen LogP contribution in [0.25, 0.3) is 0 Å². The summed E-state index contributed by atoms with van der Waals surface area (Å²) < 4.78 is 9.54. The molecule has 0 bridgehead atoms. The third kappa shape index (κ3) is 8.01. The molecule has 0 aliphatic heterocycles. The largest absolute Gasteiger partial charge is 0.550 e. The van der Waals surface area contributed by atoms with Gasteiger partial charge in [-0.25, -0.2) is 4.79 Å². The molecule has 0 N–H and O–H groups in total. The predicted octanol–water partition coefficient (Wildman–Crippen LogP) is -0.432. The average Bonchev–Trinajstić information content (AvgIpc) is 2.22. The van der Waals surface area contributed by atoms with E-state index in [-0.39, 0.29) is 18.6 Å². The maximum Gasteiger partial charge on any atom is 0.333 e. The fraction of sp³-hybridized carbons (Fsp3) is 0.545. The molecule has 0 radical (unpaired) electrons. The van der Waals surface area contributed by atoms with Crippen LogP contribution in [0.5, 0.6) is 0 Å². The van der Waals surface area contributed by atoms with Gasteiger partial charge in [-0.15, -0.1) is 0 Å². The number of carbonyl (C=O) groups excluding carboxylic acids is 3. The second-order valence-corrected chi connectivity index (χ2v) is 3.55. The highest BCUT2D eigenvalue weighted by molar-refractivity contribution is 5.86. The molecule has 0 fully saturated rings. The molecular weight excluding hydrogens is 228 g/mol. The van der Waals surface area contributed by atoms with Crippen molar-refractivity contribution < 1.29 is 29.0 Å². The Morgan fingerprint density at radius 3 is 2.35 bits per heavy atom. The Morgan fingerprint density at radius 1 is 1.29 bits per heavy atom. The van der Waals surface area contributed by atoms with Crippen LogP contribution in [0.3, 0.4) is 0 Å². The molecule has 0 spiro atoms. The summed E-state index contributed by atoms with van der Waals surface area (Å²) >= 11 is 0. The lowest BCUT2D eigenvalue weighted by Gasteiger charge is -2.13. The molecule has 96 valence electrons. The first-order valence-electron chi connectivity index (χ1n) is 5.05. The molecular formula is C11H15O6-. The van der Waals surface area contributed by atoms with Crippen LogP contribution in [0.1, 0.15) is 26.7 Å². The van der Waals surface area contributed by atoms with E-state index in [9.17, 15) is 19.5 Å².